The largest absolute Gasteiger partial charge is 0.481 e. The number of nitrogens with zero attached hydrogens (tertiary/aromatic N) is 3. The van der Waals surface area contributed by atoms with Crippen LogP contribution in [0, 0.1) is 5.92 Å². The maximum absolute atomic E-state index is 11.7. The van der Waals surface area contributed by atoms with Crippen molar-refractivity contribution in [3.8, 4) is 0 Å². The van der Waals surface area contributed by atoms with E-state index in [4.69, 9.17) is 20.6 Å². The molecule has 2 aromatic heterocycles. The Hall–Kier alpha value is -1.63. The lowest BCUT2D eigenvalue weighted by molar-refractivity contribution is 0.136. The molecule has 0 bridgehead atoms. The van der Waals surface area contributed by atoms with E-state index < -0.39 is 33.7 Å². The van der Waals surface area contributed by atoms with Crippen molar-refractivity contribution in [2.45, 2.75) is 13.0 Å². The van der Waals surface area contributed by atoms with E-state index in [1.165, 1.54) is 10.9 Å². The molecule has 2 heterocycles. The molecular formula is C10H17N5O9P2. The number of aliphatic hydroxyl groups excluding tert-OH is 1. The molecule has 0 aromatic carbocycles. The molecule has 0 saturated carbocycles. The average Bonchev–Trinajstić information content (AvgIpc) is 2.86. The highest BCUT2D eigenvalue weighted by Gasteiger charge is 2.33. The normalized spacial score (nSPS) is 15.8. The molecule has 0 amide bonds. The molecule has 2 rings (SSSR count). The number of aliphatic hydroxyl groups is 1. The Morgan fingerprint density at radius 2 is 2.04 bits per heavy atom. The van der Waals surface area contributed by atoms with E-state index in [0.29, 0.717) is 0 Å². The number of hydrogen-bond donors (Lipinski definition) is 6. The van der Waals surface area contributed by atoms with Crippen LogP contribution in [0.2, 0.25) is 0 Å². The Kier molecular flexibility index (Phi) is 6.32. The molecule has 26 heavy (non-hydrogen) atoms. The summed E-state index contributed by atoms with van der Waals surface area (Å²) in [6.07, 6.45) is 1.40. The van der Waals surface area contributed by atoms with E-state index in [0.717, 1.165) is 0 Å². The molecule has 2 aromatic rings. The van der Waals surface area contributed by atoms with E-state index >= 15 is 0 Å². The third kappa shape index (κ3) is 5.69. The minimum absolute atomic E-state index is 0.0283. The van der Waals surface area contributed by atoms with Gasteiger partial charge in [0.1, 0.15) is 0 Å². The first-order valence-corrected chi connectivity index (χ1v) is 10.1. The molecule has 0 aliphatic heterocycles. The van der Waals surface area contributed by atoms with Crippen molar-refractivity contribution in [2.24, 2.45) is 5.92 Å². The van der Waals surface area contributed by atoms with Gasteiger partial charge < -0.3 is 30.1 Å². The molecule has 0 spiro atoms. The summed E-state index contributed by atoms with van der Waals surface area (Å²) in [6, 6.07) is 0. The van der Waals surface area contributed by atoms with Gasteiger partial charge in [-0.05, 0) is 6.42 Å². The molecule has 0 fully saturated rings. The number of anilines is 1. The third-order valence-electron chi connectivity index (χ3n) is 3.17. The van der Waals surface area contributed by atoms with Crippen molar-refractivity contribution in [3.05, 3.63) is 16.7 Å². The quantitative estimate of drug-likeness (QED) is 0.270. The first kappa shape index (κ1) is 20.7. The number of nitrogens with two attached hydrogens (primary N) is 1. The van der Waals surface area contributed by atoms with Gasteiger partial charge in [0.05, 0.1) is 12.9 Å². The lowest BCUT2D eigenvalue weighted by Gasteiger charge is -2.19. The van der Waals surface area contributed by atoms with Gasteiger partial charge in [-0.25, -0.2) is 14.1 Å². The maximum Gasteiger partial charge on any atom is 0.481 e. The fraction of sp³-hybridized carbons (Fsp3) is 0.500. The summed E-state index contributed by atoms with van der Waals surface area (Å²) in [6.45, 7) is -0.721. The molecule has 14 nitrogen and oxygen atoms in total. The minimum Gasteiger partial charge on any atom is -0.396 e. The Morgan fingerprint density at radius 3 is 2.65 bits per heavy atom. The van der Waals surface area contributed by atoms with Crippen LogP contribution in [-0.2, 0) is 24.5 Å². The first-order valence-electron chi connectivity index (χ1n) is 7.06. The van der Waals surface area contributed by atoms with Crippen molar-refractivity contribution in [3.63, 3.8) is 0 Å². The molecule has 0 aliphatic rings. The van der Waals surface area contributed by atoms with Crippen molar-refractivity contribution in [1.29, 1.82) is 0 Å². The number of aromatic amines is 1. The molecule has 0 saturated heterocycles. The smallest absolute Gasteiger partial charge is 0.396 e. The fourth-order valence-corrected chi connectivity index (χ4v) is 3.81. The summed E-state index contributed by atoms with van der Waals surface area (Å²) >= 11 is 0. The number of nitrogens with one attached hydrogen (secondary N) is 1. The van der Waals surface area contributed by atoms with Gasteiger partial charge in [-0.3, -0.25) is 14.3 Å². The third-order valence-corrected chi connectivity index (χ3v) is 5.32. The summed E-state index contributed by atoms with van der Waals surface area (Å²) in [5, 5.41) is 9.12. The predicted octanol–water partition coefficient (Wildman–Crippen LogP) is -1.07. The number of nitrogen functional groups attached to an aromatic ring is 1. The van der Waals surface area contributed by atoms with Crippen molar-refractivity contribution < 1.29 is 37.8 Å². The average molecular weight is 413 g/mol. The zero-order valence-corrected chi connectivity index (χ0v) is 14.9. The SMILES string of the molecule is Nc1nc2c(ncn2CC(CCO)COP(=O)(O)OP(=O)(O)O)c(=O)[nH]1. The molecule has 7 N–H and O–H groups in total. The highest BCUT2D eigenvalue weighted by atomic mass is 31.3. The van der Waals surface area contributed by atoms with Crippen LogP contribution in [-0.4, -0.2) is 52.5 Å². The van der Waals surface area contributed by atoms with Gasteiger partial charge in [0.2, 0.25) is 5.95 Å². The molecule has 0 radical (unpaired) electrons. The Labute approximate surface area is 145 Å². The van der Waals surface area contributed by atoms with Crippen LogP contribution >= 0.6 is 15.6 Å². The van der Waals surface area contributed by atoms with Crippen LogP contribution in [0.5, 0.6) is 0 Å². The van der Waals surface area contributed by atoms with Crippen LogP contribution in [0.15, 0.2) is 11.1 Å². The fourth-order valence-electron chi connectivity index (χ4n) is 2.15. The van der Waals surface area contributed by atoms with Crippen LogP contribution in [0.1, 0.15) is 6.42 Å². The number of rotatable bonds is 9. The standard InChI is InChI=1S/C10H17N5O9P2/c11-10-13-8-7(9(17)14-10)12-5-15(8)3-6(1-2-16)4-23-26(21,22)24-25(18,19)20/h5-6,16H,1-4H2,(H,21,22)(H2,18,19,20)(H3,11,13,14,17). The number of hydrogen-bond acceptors (Lipinski definition) is 9. The highest BCUT2D eigenvalue weighted by Crippen LogP contribution is 2.57. The van der Waals surface area contributed by atoms with E-state index in [9.17, 15) is 18.8 Å². The van der Waals surface area contributed by atoms with Gasteiger partial charge in [-0.2, -0.15) is 9.29 Å². The number of imidazole rings is 1. The number of phosphoric ester groups is 1. The van der Waals surface area contributed by atoms with E-state index in [1.807, 2.05) is 0 Å². The van der Waals surface area contributed by atoms with Gasteiger partial charge in [0.15, 0.2) is 11.2 Å². The van der Waals surface area contributed by atoms with Crippen LogP contribution in [0.25, 0.3) is 11.2 Å². The molecular weight excluding hydrogens is 396 g/mol. The van der Waals surface area contributed by atoms with Crippen LogP contribution in [0.4, 0.5) is 5.95 Å². The predicted molar refractivity (Wildman–Crippen MR) is 86.7 cm³/mol. The van der Waals surface area contributed by atoms with Gasteiger partial charge in [0, 0.05) is 19.1 Å². The van der Waals surface area contributed by atoms with Gasteiger partial charge in [0.25, 0.3) is 5.56 Å². The summed E-state index contributed by atoms with van der Waals surface area (Å²) in [5.41, 5.74) is 5.13. The lowest BCUT2D eigenvalue weighted by Crippen LogP contribution is -2.19. The van der Waals surface area contributed by atoms with Crippen molar-refractivity contribution in [2.75, 3.05) is 18.9 Å². The Morgan fingerprint density at radius 1 is 1.35 bits per heavy atom. The number of aromatic nitrogens is 4. The Bertz CT molecular complexity index is 921. The molecule has 2 atom stereocenters. The highest BCUT2D eigenvalue weighted by molar-refractivity contribution is 7.60. The second-order valence-corrected chi connectivity index (χ2v) is 8.06. The molecule has 16 heteroatoms. The van der Waals surface area contributed by atoms with E-state index in [2.05, 4.69) is 23.8 Å². The van der Waals surface area contributed by atoms with Gasteiger partial charge in [-0.15, -0.1) is 0 Å². The summed E-state index contributed by atoms with van der Waals surface area (Å²) < 4.78 is 31.8. The van der Waals surface area contributed by atoms with E-state index in [-0.39, 0.29) is 36.7 Å². The maximum atomic E-state index is 11.7. The Balaban J connectivity index is 2.15. The van der Waals surface area contributed by atoms with Gasteiger partial charge in [-0.1, -0.05) is 0 Å². The lowest BCUT2D eigenvalue weighted by atomic mass is 10.1. The zero-order chi connectivity index (χ0) is 19.5. The number of H-pyrrole nitrogens is 1. The summed E-state index contributed by atoms with van der Waals surface area (Å²) in [7, 11) is -10.2. The minimum atomic E-state index is -5.23. The van der Waals surface area contributed by atoms with Crippen LogP contribution in [0.3, 0.4) is 0 Å². The second kappa shape index (κ2) is 7.94. The second-order valence-electron chi connectivity index (χ2n) is 5.24. The van der Waals surface area contributed by atoms with Gasteiger partial charge >= 0.3 is 15.6 Å². The van der Waals surface area contributed by atoms with Crippen molar-refractivity contribution in [1.82, 2.24) is 19.5 Å². The number of phosphoric acid groups is 2. The summed E-state index contributed by atoms with van der Waals surface area (Å²) in [4.78, 5) is 48.3. The van der Waals surface area contributed by atoms with E-state index in [1.54, 1.807) is 0 Å². The molecule has 146 valence electrons. The molecule has 0 aliphatic carbocycles. The first-order chi connectivity index (χ1) is 12.0. The topological polar surface area (TPSA) is 223 Å². The monoisotopic (exact) mass is 413 g/mol. The number of fused-ring (bicyclic) bond motifs is 1. The summed E-state index contributed by atoms with van der Waals surface area (Å²) in [5.74, 6) is -0.727. The molecule has 2 unspecified atom stereocenters. The van der Waals surface area contributed by atoms with Crippen molar-refractivity contribution >= 4 is 32.8 Å². The van der Waals surface area contributed by atoms with Crippen LogP contribution < -0.4 is 11.3 Å². The zero-order valence-electron chi connectivity index (χ0n) is 13.1.